The van der Waals surface area contributed by atoms with Crippen LogP contribution in [0.15, 0.2) is 42.5 Å². The van der Waals surface area contributed by atoms with Crippen LogP contribution < -0.4 is 20.1 Å². The van der Waals surface area contributed by atoms with Crippen LogP contribution in [0.2, 0.25) is 0 Å². The predicted molar refractivity (Wildman–Crippen MR) is 119 cm³/mol. The molecule has 0 spiro atoms. The number of hydrogen-bond acceptors (Lipinski definition) is 9. The zero-order chi connectivity index (χ0) is 21.7. The fourth-order valence-corrected chi connectivity index (χ4v) is 4.70. The van der Waals surface area contributed by atoms with Gasteiger partial charge in [-0.05, 0) is 30.3 Å². The van der Waals surface area contributed by atoms with Crippen LogP contribution in [0.1, 0.15) is 21.5 Å². The summed E-state index contributed by atoms with van der Waals surface area (Å²) in [4.78, 5) is 19.5. The van der Waals surface area contributed by atoms with E-state index in [9.17, 15) is 9.90 Å². The minimum atomic E-state index is -1.02. The highest BCUT2D eigenvalue weighted by molar-refractivity contribution is 7.19. The standard InChI is InChI=1S/C22H19N3O5S/c1-25(13-5-3-4-11(6-13)22(27)28-2)21(26)19-18(23)14-7-12-8-16-17(30-10-29-16)9-15(12)24-20(14)31-19/h3-9,21,26H,10,23H2,1-2H3. The van der Waals surface area contributed by atoms with Gasteiger partial charge < -0.3 is 30.0 Å². The second-order valence-electron chi connectivity index (χ2n) is 7.15. The van der Waals surface area contributed by atoms with Crippen molar-refractivity contribution in [1.29, 1.82) is 0 Å². The summed E-state index contributed by atoms with van der Waals surface area (Å²) in [6.07, 6.45) is -1.02. The molecule has 0 bridgehead atoms. The van der Waals surface area contributed by atoms with Crippen LogP contribution in [0.5, 0.6) is 11.5 Å². The van der Waals surface area contributed by atoms with E-state index in [2.05, 4.69) is 0 Å². The van der Waals surface area contributed by atoms with Gasteiger partial charge in [0.15, 0.2) is 17.7 Å². The Morgan fingerprint density at radius 3 is 2.81 bits per heavy atom. The summed E-state index contributed by atoms with van der Waals surface area (Å²) in [5, 5.41) is 12.7. The topological polar surface area (TPSA) is 107 Å². The second kappa shape index (κ2) is 7.29. The lowest BCUT2D eigenvalue weighted by Crippen LogP contribution is -2.24. The number of ether oxygens (including phenoxy) is 3. The molecule has 0 amide bonds. The number of aromatic nitrogens is 1. The average molecular weight is 437 g/mol. The Balaban J connectivity index is 1.54. The lowest BCUT2D eigenvalue weighted by atomic mass is 10.1. The number of nitrogen functional groups attached to an aromatic ring is 1. The zero-order valence-corrected chi connectivity index (χ0v) is 17.6. The van der Waals surface area contributed by atoms with E-state index in [0.717, 1.165) is 21.1 Å². The Labute approximate surface area is 181 Å². The van der Waals surface area contributed by atoms with Crippen LogP contribution in [-0.4, -0.2) is 37.0 Å². The molecule has 3 heterocycles. The molecule has 0 aliphatic carbocycles. The fourth-order valence-electron chi connectivity index (χ4n) is 3.59. The predicted octanol–water partition coefficient (Wildman–Crippen LogP) is 3.67. The minimum absolute atomic E-state index is 0.196. The Bertz CT molecular complexity index is 1340. The molecule has 3 N–H and O–H groups in total. The van der Waals surface area contributed by atoms with Gasteiger partial charge in [-0.3, -0.25) is 0 Å². The number of nitrogens with two attached hydrogens (primary N) is 1. The molecular formula is C22H19N3O5S. The maximum Gasteiger partial charge on any atom is 0.337 e. The van der Waals surface area contributed by atoms with Gasteiger partial charge in [-0.1, -0.05) is 6.07 Å². The number of fused-ring (bicyclic) bond motifs is 3. The molecule has 1 aliphatic heterocycles. The molecule has 0 saturated heterocycles. The first-order valence-corrected chi connectivity index (χ1v) is 10.3. The lowest BCUT2D eigenvalue weighted by molar-refractivity contribution is 0.0600. The Morgan fingerprint density at radius 2 is 2.03 bits per heavy atom. The van der Waals surface area contributed by atoms with Crippen LogP contribution in [-0.2, 0) is 4.74 Å². The van der Waals surface area contributed by atoms with Crippen molar-refractivity contribution < 1.29 is 24.1 Å². The number of benzene rings is 2. The van der Waals surface area contributed by atoms with Crippen LogP contribution in [0.4, 0.5) is 11.4 Å². The Hall–Kier alpha value is -3.56. The molecule has 8 nitrogen and oxygen atoms in total. The number of aliphatic hydroxyl groups is 1. The van der Waals surface area contributed by atoms with Crippen molar-refractivity contribution in [1.82, 2.24) is 4.98 Å². The summed E-state index contributed by atoms with van der Waals surface area (Å²) in [6, 6.07) is 12.5. The summed E-state index contributed by atoms with van der Waals surface area (Å²) >= 11 is 1.33. The molecule has 158 valence electrons. The van der Waals surface area contributed by atoms with Gasteiger partial charge in [0.05, 0.1) is 28.8 Å². The van der Waals surface area contributed by atoms with Gasteiger partial charge in [-0.2, -0.15) is 0 Å². The van der Waals surface area contributed by atoms with Gasteiger partial charge in [0, 0.05) is 29.6 Å². The highest BCUT2D eigenvalue weighted by atomic mass is 32.1. The quantitative estimate of drug-likeness (QED) is 0.368. The lowest BCUT2D eigenvalue weighted by Gasteiger charge is -2.25. The van der Waals surface area contributed by atoms with E-state index in [1.54, 1.807) is 36.2 Å². The zero-order valence-electron chi connectivity index (χ0n) is 16.8. The molecule has 4 aromatic rings. The number of aliphatic hydroxyl groups excluding tert-OH is 1. The molecule has 0 saturated carbocycles. The van der Waals surface area contributed by atoms with Gasteiger partial charge in [-0.25, -0.2) is 9.78 Å². The third kappa shape index (κ3) is 3.18. The molecule has 0 fully saturated rings. The van der Waals surface area contributed by atoms with Gasteiger partial charge in [0.1, 0.15) is 4.83 Å². The van der Waals surface area contributed by atoms with Gasteiger partial charge >= 0.3 is 5.97 Å². The molecule has 0 radical (unpaired) electrons. The smallest absolute Gasteiger partial charge is 0.337 e. The average Bonchev–Trinajstić information content (AvgIpc) is 3.38. The summed E-state index contributed by atoms with van der Waals surface area (Å²) in [6.45, 7) is 0.196. The molecule has 1 atom stereocenters. The van der Waals surface area contributed by atoms with Crippen LogP contribution in [0.3, 0.4) is 0 Å². The van der Waals surface area contributed by atoms with Crippen molar-refractivity contribution in [2.24, 2.45) is 0 Å². The number of nitrogens with zero attached hydrogens (tertiary/aromatic N) is 2. The number of carbonyl (C=O) groups excluding carboxylic acids is 1. The third-order valence-electron chi connectivity index (χ3n) is 5.31. The number of methoxy groups -OCH3 is 1. The van der Waals surface area contributed by atoms with Crippen molar-refractivity contribution in [3.63, 3.8) is 0 Å². The second-order valence-corrected chi connectivity index (χ2v) is 8.18. The largest absolute Gasteiger partial charge is 0.465 e. The van der Waals surface area contributed by atoms with Crippen LogP contribution in [0.25, 0.3) is 21.1 Å². The third-order valence-corrected chi connectivity index (χ3v) is 6.47. The Kier molecular flexibility index (Phi) is 4.57. The summed E-state index contributed by atoms with van der Waals surface area (Å²) < 4.78 is 15.7. The SMILES string of the molecule is COC(=O)c1cccc(N(C)C(O)c2sc3nc4cc5c(cc4cc3c2N)OCO5)c1. The van der Waals surface area contributed by atoms with Crippen molar-refractivity contribution in [3.8, 4) is 11.5 Å². The summed E-state index contributed by atoms with van der Waals surface area (Å²) in [5.74, 6) is 0.893. The monoisotopic (exact) mass is 437 g/mol. The van der Waals surface area contributed by atoms with Crippen molar-refractivity contribution in [3.05, 3.63) is 52.9 Å². The van der Waals surface area contributed by atoms with E-state index in [4.69, 9.17) is 24.9 Å². The van der Waals surface area contributed by atoms with Crippen molar-refractivity contribution in [2.45, 2.75) is 6.23 Å². The number of esters is 1. The number of thiophene rings is 1. The molecule has 5 rings (SSSR count). The molecule has 1 aliphatic rings. The van der Waals surface area contributed by atoms with E-state index in [1.807, 2.05) is 18.2 Å². The Morgan fingerprint density at radius 1 is 1.26 bits per heavy atom. The number of rotatable bonds is 4. The van der Waals surface area contributed by atoms with E-state index >= 15 is 0 Å². The number of hydrogen-bond donors (Lipinski definition) is 2. The molecule has 1 unspecified atom stereocenters. The van der Waals surface area contributed by atoms with E-state index in [0.29, 0.717) is 33.3 Å². The first-order chi connectivity index (χ1) is 15.0. The van der Waals surface area contributed by atoms with E-state index < -0.39 is 12.2 Å². The van der Waals surface area contributed by atoms with Crippen molar-refractivity contribution >= 4 is 49.8 Å². The van der Waals surface area contributed by atoms with Crippen molar-refractivity contribution in [2.75, 3.05) is 31.6 Å². The normalized spacial score (nSPS) is 13.5. The molecule has 31 heavy (non-hydrogen) atoms. The highest BCUT2D eigenvalue weighted by Gasteiger charge is 2.24. The maximum absolute atomic E-state index is 11.8. The van der Waals surface area contributed by atoms with Gasteiger partial charge in [0.25, 0.3) is 0 Å². The van der Waals surface area contributed by atoms with Crippen LogP contribution >= 0.6 is 11.3 Å². The highest BCUT2D eigenvalue weighted by Crippen LogP contribution is 2.42. The molecule has 2 aromatic heterocycles. The fraction of sp³-hybridized carbons (Fsp3) is 0.182. The number of anilines is 2. The minimum Gasteiger partial charge on any atom is -0.465 e. The summed E-state index contributed by atoms with van der Waals surface area (Å²) in [7, 11) is 3.06. The van der Waals surface area contributed by atoms with Gasteiger partial charge in [0.2, 0.25) is 6.79 Å². The number of pyridine rings is 1. The van der Waals surface area contributed by atoms with E-state index in [-0.39, 0.29) is 6.79 Å². The van der Waals surface area contributed by atoms with E-state index in [1.165, 1.54) is 18.4 Å². The van der Waals surface area contributed by atoms with Crippen LogP contribution in [0, 0.1) is 0 Å². The maximum atomic E-state index is 11.8. The number of carbonyl (C=O) groups is 1. The summed E-state index contributed by atoms with van der Waals surface area (Å²) in [5.41, 5.74) is 8.69. The molecular weight excluding hydrogens is 418 g/mol. The molecule has 2 aromatic carbocycles. The molecule has 9 heteroatoms. The van der Waals surface area contributed by atoms with Gasteiger partial charge in [-0.15, -0.1) is 11.3 Å². The first-order valence-electron chi connectivity index (χ1n) is 9.48. The first kappa shape index (κ1) is 19.4.